The highest BCUT2D eigenvalue weighted by Gasteiger charge is 2.20. The minimum absolute atomic E-state index is 0.0698. The van der Waals surface area contributed by atoms with Crippen LogP contribution in [-0.2, 0) is 11.8 Å². The van der Waals surface area contributed by atoms with E-state index in [0.717, 1.165) is 28.4 Å². The van der Waals surface area contributed by atoms with Crippen LogP contribution in [0.25, 0.3) is 11.4 Å². The molecule has 0 spiro atoms. The molecule has 1 aromatic carbocycles. The molecule has 0 radical (unpaired) electrons. The van der Waals surface area contributed by atoms with Crippen molar-refractivity contribution in [1.82, 2.24) is 14.8 Å². The second-order valence-electron chi connectivity index (χ2n) is 5.87. The number of aryl methyl sites for hydroxylation is 2. The summed E-state index contributed by atoms with van der Waals surface area (Å²) in [6.45, 7) is 5.73. The van der Waals surface area contributed by atoms with Gasteiger partial charge in [0.15, 0.2) is 11.0 Å². The molecule has 0 saturated heterocycles. The molecule has 2 heterocycles. The molecule has 0 saturated carbocycles. The van der Waals surface area contributed by atoms with E-state index >= 15 is 0 Å². The van der Waals surface area contributed by atoms with Crippen LogP contribution in [0.3, 0.4) is 0 Å². The molecule has 7 heteroatoms. The van der Waals surface area contributed by atoms with Gasteiger partial charge in [-0.2, -0.15) is 0 Å². The molecule has 130 valence electrons. The Morgan fingerprint density at radius 3 is 2.76 bits per heavy atom. The summed E-state index contributed by atoms with van der Waals surface area (Å²) in [5, 5.41) is 11.8. The van der Waals surface area contributed by atoms with Gasteiger partial charge in [-0.1, -0.05) is 23.9 Å². The van der Waals surface area contributed by atoms with Crippen LogP contribution in [0.15, 0.2) is 46.2 Å². The first kappa shape index (κ1) is 17.3. The van der Waals surface area contributed by atoms with E-state index in [-0.39, 0.29) is 11.2 Å². The third kappa shape index (κ3) is 3.76. The van der Waals surface area contributed by atoms with Crippen LogP contribution in [-0.4, -0.2) is 25.9 Å². The minimum Gasteiger partial charge on any atom is -0.469 e. The van der Waals surface area contributed by atoms with Gasteiger partial charge >= 0.3 is 0 Å². The number of carbonyl (C=O) groups excluding carboxylic acids is 1. The van der Waals surface area contributed by atoms with Crippen molar-refractivity contribution >= 4 is 23.4 Å². The number of hydrogen-bond donors (Lipinski definition) is 1. The van der Waals surface area contributed by atoms with Crippen molar-refractivity contribution in [2.45, 2.75) is 31.2 Å². The molecule has 1 amide bonds. The van der Waals surface area contributed by atoms with Crippen LogP contribution >= 0.6 is 11.8 Å². The maximum Gasteiger partial charge on any atom is 0.237 e. The lowest BCUT2D eigenvalue weighted by Gasteiger charge is -2.12. The fourth-order valence-electron chi connectivity index (χ4n) is 2.45. The quantitative estimate of drug-likeness (QED) is 0.704. The number of carbonyl (C=O) groups is 1. The number of anilines is 1. The Kier molecular flexibility index (Phi) is 4.94. The van der Waals surface area contributed by atoms with Crippen LogP contribution in [0.4, 0.5) is 5.69 Å². The Labute approximate surface area is 150 Å². The minimum atomic E-state index is -0.304. The van der Waals surface area contributed by atoms with E-state index < -0.39 is 0 Å². The van der Waals surface area contributed by atoms with Gasteiger partial charge in [0.25, 0.3) is 0 Å². The number of nitrogens with one attached hydrogen (secondary N) is 1. The number of amides is 1. The van der Waals surface area contributed by atoms with Crippen LogP contribution in [0.5, 0.6) is 0 Å². The van der Waals surface area contributed by atoms with E-state index in [9.17, 15) is 4.79 Å². The van der Waals surface area contributed by atoms with E-state index in [1.54, 1.807) is 6.26 Å². The summed E-state index contributed by atoms with van der Waals surface area (Å²) >= 11 is 1.37. The largest absolute Gasteiger partial charge is 0.469 e. The zero-order valence-electron chi connectivity index (χ0n) is 14.6. The molecule has 6 nitrogen and oxygen atoms in total. The molecular weight excluding hydrogens is 336 g/mol. The molecule has 0 bridgehead atoms. The smallest absolute Gasteiger partial charge is 0.237 e. The lowest BCUT2D eigenvalue weighted by atomic mass is 10.2. The monoisotopic (exact) mass is 356 g/mol. The van der Waals surface area contributed by atoms with Crippen molar-refractivity contribution in [3.05, 3.63) is 47.9 Å². The Morgan fingerprint density at radius 1 is 1.28 bits per heavy atom. The molecule has 0 unspecified atom stereocenters. The van der Waals surface area contributed by atoms with E-state index in [4.69, 9.17) is 4.42 Å². The first-order valence-corrected chi connectivity index (χ1v) is 8.81. The van der Waals surface area contributed by atoms with Gasteiger partial charge in [0.1, 0.15) is 5.76 Å². The molecule has 0 fully saturated rings. The summed E-state index contributed by atoms with van der Waals surface area (Å²) in [4.78, 5) is 12.4. The predicted octanol–water partition coefficient (Wildman–Crippen LogP) is 3.81. The number of benzene rings is 1. The molecule has 0 aliphatic heterocycles. The molecule has 1 N–H and O–H groups in total. The summed E-state index contributed by atoms with van der Waals surface area (Å²) in [5.41, 5.74) is 2.80. The summed E-state index contributed by atoms with van der Waals surface area (Å²) in [6, 6.07) is 9.60. The summed E-state index contributed by atoms with van der Waals surface area (Å²) in [7, 11) is 1.88. The Bertz CT molecular complexity index is 900. The average molecular weight is 356 g/mol. The summed E-state index contributed by atoms with van der Waals surface area (Å²) in [5.74, 6) is 1.44. The van der Waals surface area contributed by atoms with Gasteiger partial charge in [-0.25, -0.2) is 0 Å². The van der Waals surface area contributed by atoms with Gasteiger partial charge in [0.2, 0.25) is 5.91 Å². The second kappa shape index (κ2) is 7.14. The SMILES string of the molecule is Cc1cccc(NC(=O)[C@@H](C)Sc2nnc(-c3ccoc3C)n2C)c1. The Hall–Kier alpha value is -2.54. The van der Waals surface area contributed by atoms with Crippen molar-refractivity contribution in [1.29, 1.82) is 0 Å². The number of rotatable bonds is 5. The lowest BCUT2D eigenvalue weighted by molar-refractivity contribution is -0.115. The Morgan fingerprint density at radius 2 is 2.08 bits per heavy atom. The Balaban J connectivity index is 1.71. The highest BCUT2D eigenvalue weighted by atomic mass is 32.2. The molecule has 0 aliphatic rings. The van der Waals surface area contributed by atoms with Crippen LogP contribution in [0.2, 0.25) is 0 Å². The van der Waals surface area contributed by atoms with Gasteiger partial charge in [0.05, 0.1) is 17.1 Å². The van der Waals surface area contributed by atoms with E-state index in [0.29, 0.717) is 5.16 Å². The average Bonchev–Trinajstić information content (AvgIpc) is 3.13. The number of furan rings is 1. The number of thioether (sulfide) groups is 1. The topological polar surface area (TPSA) is 73.0 Å². The molecule has 3 rings (SSSR count). The van der Waals surface area contributed by atoms with Crippen LogP contribution in [0, 0.1) is 13.8 Å². The van der Waals surface area contributed by atoms with Crippen molar-refractivity contribution in [3.8, 4) is 11.4 Å². The maximum atomic E-state index is 12.4. The fraction of sp³-hybridized carbons (Fsp3) is 0.278. The molecule has 3 aromatic rings. The first-order chi connectivity index (χ1) is 12.0. The molecule has 25 heavy (non-hydrogen) atoms. The van der Waals surface area contributed by atoms with Crippen LogP contribution < -0.4 is 5.32 Å². The van der Waals surface area contributed by atoms with Crippen molar-refractivity contribution < 1.29 is 9.21 Å². The standard InChI is InChI=1S/C18H20N4O2S/c1-11-6-5-7-14(10-11)19-17(23)13(3)25-18-21-20-16(22(18)4)15-8-9-24-12(15)2/h5-10,13H,1-4H3,(H,19,23)/t13-/m1/s1. The molecule has 0 aliphatic carbocycles. The van der Waals surface area contributed by atoms with Gasteiger partial charge < -0.3 is 14.3 Å². The fourth-order valence-corrected chi connectivity index (χ4v) is 3.26. The highest BCUT2D eigenvalue weighted by molar-refractivity contribution is 8.00. The summed E-state index contributed by atoms with van der Waals surface area (Å²) in [6.07, 6.45) is 1.63. The number of nitrogens with zero attached hydrogens (tertiary/aromatic N) is 3. The van der Waals surface area contributed by atoms with Gasteiger partial charge in [0, 0.05) is 12.7 Å². The molecular formula is C18H20N4O2S. The molecule has 2 aromatic heterocycles. The second-order valence-corrected chi connectivity index (χ2v) is 7.18. The zero-order valence-corrected chi connectivity index (χ0v) is 15.4. The van der Waals surface area contributed by atoms with Gasteiger partial charge in [-0.15, -0.1) is 10.2 Å². The van der Waals surface area contributed by atoms with E-state index in [1.807, 2.05) is 62.7 Å². The lowest BCUT2D eigenvalue weighted by Crippen LogP contribution is -2.22. The normalized spacial score (nSPS) is 12.2. The van der Waals surface area contributed by atoms with Crippen LogP contribution in [0.1, 0.15) is 18.2 Å². The van der Waals surface area contributed by atoms with E-state index in [2.05, 4.69) is 15.5 Å². The highest BCUT2D eigenvalue weighted by Crippen LogP contribution is 2.28. The number of aromatic nitrogens is 3. The summed E-state index contributed by atoms with van der Waals surface area (Å²) < 4.78 is 7.20. The first-order valence-electron chi connectivity index (χ1n) is 7.93. The van der Waals surface area contributed by atoms with Crippen molar-refractivity contribution in [2.24, 2.45) is 7.05 Å². The molecule has 1 atom stereocenters. The maximum absolute atomic E-state index is 12.4. The van der Waals surface area contributed by atoms with Gasteiger partial charge in [-0.3, -0.25) is 4.79 Å². The van der Waals surface area contributed by atoms with E-state index in [1.165, 1.54) is 11.8 Å². The van der Waals surface area contributed by atoms with Crippen molar-refractivity contribution in [2.75, 3.05) is 5.32 Å². The van der Waals surface area contributed by atoms with Crippen molar-refractivity contribution in [3.63, 3.8) is 0 Å². The zero-order chi connectivity index (χ0) is 18.0. The van der Waals surface area contributed by atoms with Gasteiger partial charge in [-0.05, 0) is 44.5 Å². The third-order valence-electron chi connectivity index (χ3n) is 3.87. The predicted molar refractivity (Wildman–Crippen MR) is 98.6 cm³/mol. The third-order valence-corrected chi connectivity index (χ3v) is 5.01. The number of hydrogen-bond acceptors (Lipinski definition) is 5.